The molecule has 84 valence electrons. The van der Waals surface area contributed by atoms with Crippen molar-refractivity contribution in [2.24, 2.45) is 0 Å². The van der Waals surface area contributed by atoms with Crippen molar-refractivity contribution in [1.29, 1.82) is 0 Å². The molecular weight excluding hydrogens is 202 g/mol. The van der Waals surface area contributed by atoms with Gasteiger partial charge in [-0.15, -0.1) is 0 Å². The summed E-state index contributed by atoms with van der Waals surface area (Å²) in [5, 5.41) is 3.22. The molecule has 4 N–H and O–H groups in total. The van der Waals surface area contributed by atoms with Gasteiger partial charge >= 0.3 is 0 Å². The zero-order chi connectivity index (χ0) is 11.2. The van der Waals surface area contributed by atoms with E-state index in [4.69, 9.17) is 5.73 Å². The molecular formula is C11H15N5. The number of imidazole rings is 1. The number of nitrogens with zero attached hydrogens (tertiary/aromatic N) is 2. The lowest BCUT2D eigenvalue weighted by Gasteiger charge is -2.04. The van der Waals surface area contributed by atoms with E-state index in [0.717, 1.165) is 31.0 Å². The fourth-order valence-corrected chi connectivity index (χ4v) is 1.46. The third-order valence-corrected chi connectivity index (χ3v) is 2.22. The van der Waals surface area contributed by atoms with E-state index >= 15 is 0 Å². The van der Waals surface area contributed by atoms with Crippen LogP contribution in [0, 0.1) is 0 Å². The SMILES string of the molecule is Nc1cccc(NCCCc2ncc[nH]2)n1. The van der Waals surface area contributed by atoms with Crippen molar-refractivity contribution in [3.8, 4) is 0 Å². The van der Waals surface area contributed by atoms with Gasteiger partial charge in [-0.05, 0) is 18.6 Å². The first-order valence-corrected chi connectivity index (χ1v) is 5.29. The molecule has 2 heterocycles. The molecule has 0 aliphatic heterocycles. The highest BCUT2D eigenvalue weighted by atomic mass is 15.0. The Labute approximate surface area is 94.1 Å². The normalized spacial score (nSPS) is 10.2. The standard InChI is InChI=1S/C11H15N5/c12-9-3-1-4-11(16-9)13-6-2-5-10-14-7-8-15-10/h1,3-4,7-8H,2,5-6H2,(H,14,15)(H3,12,13,16). The van der Waals surface area contributed by atoms with E-state index in [-0.39, 0.29) is 0 Å². The first-order chi connectivity index (χ1) is 7.84. The zero-order valence-electron chi connectivity index (χ0n) is 8.98. The van der Waals surface area contributed by atoms with Crippen molar-refractivity contribution in [1.82, 2.24) is 15.0 Å². The van der Waals surface area contributed by atoms with Crippen molar-refractivity contribution < 1.29 is 0 Å². The highest BCUT2D eigenvalue weighted by molar-refractivity contribution is 5.41. The van der Waals surface area contributed by atoms with Gasteiger partial charge in [0.05, 0.1) is 0 Å². The molecule has 5 nitrogen and oxygen atoms in total. The van der Waals surface area contributed by atoms with E-state index in [1.165, 1.54) is 0 Å². The molecule has 0 fully saturated rings. The van der Waals surface area contributed by atoms with E-state index in [1.54, 1.807) is 12.3 Å². The van der Waals surface area contributed by atoms with Crippen molar-refractivity contribution in [3.63, 3.8) is 0 Å². The van der Waals surface area contributed by atoms with Crippen LogP contribution in [0.5, 0.6) is 0 Å². The molecule has 0 aliphatic rings. The van der Waals surface area contributed by atoms with Crippen LogP contribution in [0.25, 0.3) is 0 Å². The summed E-state index contributed by atoms with van der Waals surface area (Å²) in [4.78, 5) is 11.4. The van der Waals surface area contributed by atoms with Gasteiger partial charge in [-0.25, -0.2) is 9.97 Å². The molecule has 0 atom stereocenters. The molecule has 2 rings (SSSR count). The topological polar surface area (TPSA) is 79.6 Å². The summed E-state index contributed by atoms with van der Waals surface area (Å²) in [5.41, 5.74) is 5.57. The Balaban J connectivity index is 1.72. The average molecular weight is 217 g/mol. The smallest absolute Gasteiger partial charge is 0.128 e. The number of aromatic nitrogens is 3. The second-order valence-corrected chi connectivity index (χ2v) is 3.51. The Morgan fingerprint density at radius 1 is 1.38 bits per heavy atom. The van der Waals surface area contributed by atoms with Crippen molar-refractivity contribution in [2.75, 3.05) is 17.6 Å². The second-order valence-electron chi connectivity index (χ2n) is 3.51. The monoisotopic (exact) mass is 217 g/mol. The summed E-state index contributed by atoms with van der Waals surface area (Å²) in [6.45, 7) is 0.858. The Hall–Kier alpha value is -2.04. The minimum Gasteiger partial charge on any atom is -0.384 e. The molecule has 16 heavy (non-hydrogen) atoms. The molecule has 0 unspecified atom stereocenters. The van der Waals surface area contributed by atoms with Crippen LogP contribution in [0.15, 0.2) is 30.6 Å². The quantitative estimate of drug-likeness (QED) is 0.662. The number of hydrogen-bond acceptors (Lipinski definition) is 4. The molecule has 0 bridgehead atoms. The molecule has 0 aromatic carbocycles. The molecule has 0 aliphatic carbocycles. The predicted octanol–water partition coefficient (Wildman–Crippen LogP) is 1.43. The van der Waals surface area contributed by atoms with Gasteiger partial charge in [0, 0.05) is 25.4 Å². The number of pyridine rings is 1. The van der Waals surface area contributed by atoms with Crippen LogP contribution in [0.4, 0.5) is 11.6 Å². The minimum absolute atomic E-state index is 0.538. The van der Waals surface area contributed by atoms with E-state index in [1.807, 2.05) is 18.3 Å². The fourth-order valence-electron chi connectivity index (χ4n) is 1.46. The molecule has 0 radical (unpaired) electrons. The van der Waals surface area contributed by atoms with Gasteiger partial charge in [-0.1, -0.05) is 6.07 Å². The summed E-state index contributed by atoms with van der Waals surface area (Å²) < 4.78 is 0. The predicted molar refractivity (Wildman–Crippen MR) is 64.0 cm³/mol. The number of H-pyrrole nitrogens is 1. The van der Waals surface area contributed by atoms with Crippen LogP contribution >= 0.6 is 0 Å². The maximum atomic E-state index is 5.57. The molecule has 2 aromatic rings. The van der Waals surface area contributed by atoms with E-state index in [9.17, 15) is 0 Å². The van der Waals surface area contributed by atoms with Crippen LogP contribution in [0.2, 0.25) is 0 Å². The number of anilines is 2. The maximum Gasteiger partial charge on any atom is 0.128 e. The molecule has 0 saturated heterocycles. The number of nitrogen functional groups attached to an aromatic ring is 1. The Morgan fingerprint density at radius 3 is 3.06 bits per heavy atom. The summed E-state index contributed by atoms with van der Waals surface area (Å²) in [6.07, 6.45) is 5.54. The lowest BCUT2D eigenvalue weighted by Crippen LogP contribution is -2.05. The summed E-state index contributed by atoms with van der Waals surface area (Å²) in [6, 6.07) is 5.56. The lowest BCUT2D eigenvalue weighted by molar-refractivity contribution is 0.814. The minimum atomic E-state index is 0.538. The van der Waals surface area contributed by atoms with Gasteiger partial charge < -0.3 is 16.0 Å². The number of hydrogen-bond donors (Lipinski definition) is 3. The van der Waals surface area contributed by atoms with E-state index in [0.29, 0.717) is 5.82 Å². The van der Waals surface area contributed by atoms with Gasteiger partial charge in [0.25, 0.3) is 0 Å². The highest BCUT2D eigenvalue weighted by Gasteiger charge is 1.96. The van der Waals surface area contributed by atoms with Gasteiger partial charge in [-0.3, -0.25) is 0 Å². The third-order valence-electron chi connectivity index (χ3n) is 2.22. The van der Waals surface area contributed by atoms with E-state index < -0.39 is 0 Å². The third kappa shape index (κ3) is 2.98. The van der Waals surface area contributed by atoms with Gasteiger partial charge in [0.15, 0.2) is 0 Å². The van der Waals surface area contributed by atoms with Crippen molar-refractivity contribution >= 4 is 11.6 Å². The average Bonchev–Trinajstić information content (AvgIpc) is 2.77. The molecule has 0 spiro atoms. The first-order valence-electron chi connectivity index (χ1n) is 5.29. The molecule has 5 heteroatoms. The van der Waals surface area contributed by atoms with Crippen molar-refractivity contribution in [2.45, 2.75) is 12.8 Å². The second kappa shape index (κ2) is 5.16. The molecule has 2 aromatic heterocycles. The Morgan fingerprint density at radius 2 is 2.31 bits per heavy atom. The van der Waals surface area contributed by atoms with Crippen LogP contribution in [0.3, 0.4) is 0 Å². The highest BCUT2D eigenvalue weighted by Crippen LogP contribution is 2.05. The summed E-state index contributed by atoms with van der Waals surface area (Å²) in [5.74, 6) is 2.37. The number of aromatic amines is 1. The van der Waals surface area contributed by atoms with Gasteiger partial charge in [-0.2, -0.15) is 0 Å². The van der Waals surface area contributed by atoms with Gasteiger partial charge in [0.2, 0.25) is 0 Å². The molecule has 0 saturated carbocycles. The number of nitrogens with one attached hydrogen (secondary N) is 2. The van der Waals surface area contributed by atoms with E-state index in [2.05, 4.69) is 20.3 Å². The molecule has 0 amide bonds. The number of nitrogens with two attached hydrogens (primary N) is 1. The summed E-state index contributed by atoms with van der Waals surface area (Å²) >= 11 is 0. The van der Waals surface area contributed by atoms with Crippen molar-refractivity contribution in [3.05, 3.63) is 36.4 Å². The Kier molecular flexibility index (Phi) is 3.38. The van der Waals surface area contributed by atoms with Crippen LogP contribution in [0.1, 0.15) is 12.2 Å². The number of rotatable bonds is 5. The summed E-state index contributed by atoms with van der Waals surface area (Å²) in [7, 11) is 0. The van der Waals surface area contributed by atoms with Crippen LogP contribution in [-0.2, 0) is 6.42 Å². The maximum absolute atomic E-state index is 5.57. The van der Waals surface area contributed by atoms with Crippen LogP contribution in [-0.4, -0.2) is 21.5 Å². The first kappa shape index (κ1) is 10.5. The Bertz CT molecular complexity index is 424. The fraction of sp³-hybridized carbons (Fsp3) is 0.273. The lowest BCUT2D eigenvalue weighted by atomic mass is 10.3. The van der Waals surface area contributed by atoms with Gasteiger partial charge in [0.1, 0.15) is 17.5 Å². The van der Waals surface area contributed by atoms with Crippen LogP contribution < -0.4 is 11.1 Å². The zero-order valence-corrected chi connectivity index (χ0v) is 8.98. The largest absolute Gasteiger partial charge is 0.384 e. The number of aryl methyl sites for hydroxylation is 1.